The van der Waals surface area contributed by atoms with E-state index in [-0.39, 0.29) is 5.82 Å². The molecular weight excluding hydrogens is 116 g/mol. The van der Waals surface area contributed by atoms with Gasteiger partial charge < -0.3 is 0 Å². The predicted octanol–water partition coefficient (Wildman–Crippen LogP) is 0.742. The Morgan fingerprint density at radius 2 is 2.38 bits per heavy atom. The Labute approximate surface area is 43.7 Å². The second-order valence-electron chi connectivity index (χ2n) is 1.17. The molecule has 0 aliphatic carbocycles. The van der Waals surface area contributed by atoms with Crippen molar-refractivity contribution in [3.63, 3.8) is 0 Å². The Hall–Kier alpha value is -1.00. The lowest BCUT2D eigenvalue weighted by Crippen LogP contribution is -1.85. The molecule has 1 N–H and O–H groups in total. The van der Waals surface area contributed by atoms with Gasteiger partial charge in [-0.05, 0) is 0 Å². The molecule has 1 aromatic heterocycles. The molecule has 0 radical (unpaired) electrons. The van der Waals surface area contributed by atoms with Crippen LogP contribution in [0, 0.1) is 0 Å². The highest BCUT2D eigenvalue weighted by Crippen LogP contribution is 2.10. The SMILES string of the molecule is FC(F)c1ncn[nH]1. The fraction of sp³-hybridized carbons (Fsp3) is 0.333. The van der Waals surface area contributed by atoms with Crippen LogP contribution < -0.4 is 0 Å². The molecule has 0 unspecified atom stereocenters. The van der Waals surface area contributed by atoms with Crippen LogP contribution in [-0.2, 0) is 0 Å². The first-order valence-electron chi connectivity index (χ1n) is 1.94. The lowest BCUT2D eigenvalue weighted by molar-refractivity contribution is 0.141. The monoisotopic (exact) mass is 119 g/mol. The molecule has 44 valence electrons. The molecule has 8 heavy (non-hydrogen) atoms. The van der Waals surface area contributed by atoms with Crippen LogP contribution in [0.3, 0.4) is 0 Å². The van der Waals surface area contributed by atoms with Crippen LogP contribution in [-0.4, -0.2) is 15.2 Å². The minimum absolute atomic E-state index is 0.384. The van der Waals surface area contributed by atoms with Gasteiger partial charge in [-0.25, -0.2) is 13.8 Å². The molecule has 1 aromatic rings. The van der Waals surface area contributed by atoms with Crippen molar-refractivity contribution in [3.05, 3.63) is 12.2 Å². The third-order valence-corrected chi connectivity index (χ3v) is 0.640. The smallest absolute Gasteiger partial charge is 0.258 e. The number of rotatable bonds is 1. The summed E-state index contributed by atoms with van der Waals surface area (Å²) in [6.07, 6.45) is -1.50. The molecule has 1 rings (SSSR count). The Bertz CT molecular complexity index is 148. The molecule has 0 saturated carbocycles. The summed E-state index contributed by atoms with van der Waals surface area (Å²) < 4.78 is 22.9. The Balaban J connectivity index is 2.77. The number of hydrogen-bond acceptors (Lipinski definition) is 2. The van der Waals surface area contributed by atoms with E-state index in [9.17, 15) is 8.78 Å². The van der Waals surface area contributed by atoms with E-state index in [0.29, 0.717) is 0 Å². The number of halogens is 2. The van der Waals surface area contributed by atoms with Crippen LogP contribution >= 0.6 is 0 Å². The summed E-state index contributed by atoms with van der Waals surface area (Å²) in [5.41, 5.74) is 0. The topological polar surface area (TPSA) is 41.6 Å². The van der Waals surface area contributed by atoms with E-state index in [1.807, 2.05) is 5.10 Å². The lowest BCUT2D eigenvalue weighted by atomic mass is 10.7. The first-order chi connectivity index (χ1) is 3.80. The standard InChI is InChI=1S/C3H3F2N3/c4-2(5)3-6-1-7-8-3/h1-2H,(H,6,7,8). The molecule has 0 aliphatic rings. The van der Waals surface area contributed by atoms with E-state index in [1.54, 1.807) is 0 Å². The summed E-state index contributed by atoms with van der Waals surface area (Å²) in [7, 11) is 0. The van der Waals surface area contributed by atoms with Crippen molar-refractivity contribution < 1.29 is 8.78 Å². The van der Waals surface area contributed by atoms with Gasteiger partial charge in [0.1, 0.15) is 6.33 Å². The summed E-state index contributed by atoms with van der Waals surface area (Å²) in [6, 6.07) is 0. The van der Waals surface area contributed by atoms with E-state index in [4.69, 9.17) is 0 Å². The molecule has 0 saturated heterocycles. The van der Waals surface area contributed by atoms with Gasteiger partial charge in [0.05, 0.1) is 0 Å². The van der Waals surface area contributed by atoms with Crippen molar-refractivity contribution in [3.8, 4) is 0 Å². The maximum absolute atomic E-state index is 11.5. The highest BCUT2D eigenvalue weighted by molar-refractivity contribution is 4.79. The number of alkyl halides is 2. The van der Waals surface area contributed by atoms with Crippen molar-refractivity contribution in [1.82, 2.24) is 15.2 Å². The van der Waals surface area contributed by atoms with Crippen LogP contribution in [0.2, 0.25) is 0 Å². The van der Waals surface area contributed by atoms with Gasteiger partial charge >= 0.3 is 0 Å². The fourth-order valence-corrected chi connectivity index (χ4v) is 0.320. The van der Waals surface area contributed by atoms with Gasteiger partial charge in [0.2, 0.25) is 0 Å². The largest absolute Gasteiger partial charge is 0.296 e. The number of hydrogen-bond donors (Lipinski definition) is 1. The predicted molar refractivity (Wildman–Crippen MR) is 21.3 cm³/mol. The third kappa shape index (κ3) is 0.800. The molecule has 0 amide bonds. The molecule has 0 aromatic carbocycles. The molecule has 1 heterocycles. The highest BCUT2D eigenvalue weighted by Gasteiger charge is 2.07. The zero-order valence-corrected chi connectivity index (χ0v) is 3.81. The normalized spacial score (nSPS) is 10.4. The summed E-state index contributed by atoms with van der Waals surface area (Å²) in [5.74, 6) is -0.384. The summed E-state index contributed by atoms with van der Waals surface area (Å²) in [5, 5.41) is 5.25. The minimum atomic E-state index is -2.54. The number of aromatic nitrogens is 3. The highest BCUT2D eigenvalue weighted by atomic mass is 19.3. The molecule has 0 spiro atoms. The van der Waals surface area contributed by atoms with Gasteiger partial charge in [-0.15, -0.1) is 0 Å². The van der Waals surface area contributed by atoms with Crippen molar-refractivity contribution in [1.29, 1.82) is 0 Å². The minimum Gasteiger partial charge on any atom is -0.258 e. The van der Waals surface area contributed by atoms with Crippen LogP contribution in [0.25, 0.3) is 0 Å². The molecule has 0 atom stereocenters. The average molecular weight is 119 g/mol. The second kappa shape index (κ2) is 1.85. The molecule has 0 aliphatic heterocycles. The average Bonchev–Trinajstić information content (AvgIpc) is 2.12. The first kappa shape index (κ1) is 5.14. The van der Waals surface area contributed by atoms with Crippen molar-refractivity contribution in [2.45, 2.75) is 6.43 Å². The van der Waals surface area contributed by atoms with E-state index in [1.165, 1.54) is 0 Å². The van der Waals surface area contributed by atoms with Crippen molar-refractivity contribution in [2.75, 3.05) is 0 Å². The Morgan fingerprint density at radius 3 is 2.62 bits per heavy atom. The van der Waals surface area contributed by atoms with Crippen LogP contribution in [0.4, 0.5) is 8.78 Å². The van der Waals surface area contributed by atoms with E-state index in [2.05, 4.69) is 10.1 Å². The molecular formula is C3H3F2N3. The Morgan fingerprint density at radius 1 is 1.62 bits per heavy atom. The first-order valence-corrected chi connectivity index (χ1v) is 1.94. The van der Waals surface area contributed by atoms with Gasteiger partial charge in [0, 0.05) is 0 Å². The quantitative estimate of drug-likeness (QED) is 0.592. The van der Waals surface area contributed by atoms with Crippen LogP contribution in [0.15, 0.2) is 6.33 Å². The zero-order valence-electron chi connectivity index (χ0n) is 3.81. The van der Waals surface area contributed by atoms with E-state index in [0.717, 1.165) is 6.33 Å². The third-order valence-electron chi connectivity index (χ3n) is 0.640. The van der Waals surface area contributed by atoms with Gasteiger partial charge in [-0.2, -0.15) is 5.10 Å². The second-order valence-corrected chi connectivity index (χ2v) is 1.17. The summed E-state index contributed by atoms with van der Waals surface area (Å²) in [4.78, 5) is 3.20. The number of nitrogens with zero attached hydrogens (tertiary/aromatic N) is 2. The van der Waals surface area contributed by atoms with Crippen LogP contribution in [0.5, 0.6) is 0 Å². The maximum Gasteiger partial charge on any atom is 0.296 e. The van der Waals surface area contributed by atoms with E-state index < -0.39 is 6.43 Å². The van der Waals surface area contributed by atoms with Gasteiger partial charge in [0.25, 0.3) is 6.43 Å². The Kier molecular flexibility index (Phi) is 1.19. The molecule has 5 heteroatoms. The summed E-state index contributed by atoms with van der Waals surface area (Å²) in [6.45, 7) is 0. The van der Waals surface area contributed by atoms with Gasteiger partial charge in [-0.1, -0.05) is 0 Å². The number of nitrogens with one attached hydrogen (secondary N) is 1. The number of aromatic amines is 1. The fourth-order valence-electron chi connectivity index (χ4n) is 0.320. The molecule has 3 nitrogen and oxygen atoms in total. The van der Waals surface area contributed by atoms with Crippen molar-refractivity contribution in [2.24, 2.45) is 0 Å². The van der Waals surface area contributed by atoms with Crippen LogP contribution in [0.1, 0.15) is 12.2 Å². The molecule has 0 fully saturated rings. The van der Waals surface area contributed by atoms with Crippen molar-refractivity contribution >= 4 is 0 Å². The number of H-pyrrole nitrogens is 1. The van der Waals surface area contributed by atoms with Gasteiger partial charge in [-0.3, -0.25) is 5.10 Å². The summed E-state index contributed by atoms with van der Waals surface area (Å²) >= 11 is 0. The van der Waals surface area contributed by atoms with E-state index >= 15 is 0 Å². The zero-order chi connectivity index (χ0) is 5.98. The maximum atomic E-state index is 11.5. The molecule has 0 bridgehead atoms. The van der Waals surface area contributed by atoms with Gasteiger partial charge in [0.15, 0.2) is 5.82 Å². The lowest BCUT2D eigenvalue weighted by Gasteiger charge is -1.85.